The van der Waals surface area contributed by atoms with Gasteiger partial charge in [0.25, 0.3) is 0 Å². The third-order valence-corrected chi connectivity index (χ3v) is 2.49. The van der Waals surface area contributed by atoms with Crippen molar-refractivity contribution in [3.63, 3.8) is 0 Å². The van der Waals surface area contributed by atoms with Crippen molar-refractivity contribution < 1.29 is 13.9 Å². The number of furan rings is 1. The second-order valence-corrected chi connectivity index (χ2v) is 4.03. The molecule has 16 heavy (non-hydrogen) atoms. The van der Waals surface area contributed by atoms with Crippen molar-refractivity contribution in [1.29, 1.82) is 0 Å². The zero-order chi connectivity index (χ0) is 11.7. The minimum absolute atomic E-state index is 0.0233. The SMILES string of the molecule is COc1ccc2cc(C(=O)C(C)C)oc2c1. The predicted molar refractivity (Wildman–Crippen MR) is 61.9 cm³/mol. The van der Waals surface area contributed by atoms with E-state index in [0.29, 0.717) is 11.3 Å². The number of hydrogen-bond donors (Lipinski definition) is 0. The van der Waals surface area contributed by atoms with Gasteiger partial charge < -0.3 is 9.15 Å². The van der Waals surface area contributed by atoms with Crippen molar-refractivity contribution >= 4 is 16.8 Å². The summed E-state index contributed by atoms with van der Waals surface area (Å²) in [6, 6.07) is 7.29. The Labute approximate surface area is 94.0 Å². The van der Waals surface area contributed by atoms with Gasteiger partial charge in [0.1, 0.15) is 11.3 Å². The number of methoxy groups -OCH3 is 1. The summed E-state index contributed by atoms with van der Waals surface area (Å²) in [4.78, 5) is 11.7. The van der Waals surface area contributed by atoms with Gasteiger partial charge in [-0.25, -0.2) is 0 Å². The lowest BCUT2D eigenvalue weighted by molar-refractivity contribution is 0.0913. The molecule has 0 amide bonds. The van der Waals surface area contributed by atoms with Crippen LogP contribution in [0, 0.1) is 5.92 Å². The van der Waals surface area contributed by atoms with E-state index in [1.807, 2.05) is 26.0 Å². The van der Waals surface area contributed by atoms with Gasteiger partial charge >= 0.3 is 0 Å². The topological polar surface area (TPSA) is 39.4 Å². The number of Topliss-reactive ketones (excluding diaryl/α,β-unsaturated/α-hetero) is 1. The van der Waals surface area contributed by atoms with Gasteiger partial charge in [0.05, 0.1) is 7.11 Å². The Balaban J connectivity index is 2.47. The van der Waals surface area contributed by atoms with Crippen LogP contribution >= 0.6 is 0 Å². The molecule has 0 saturated heterocycles. The summed E-state index contributed by atoms with van der Waals surface area (Å²) < 4.78 is 10.6. The van der Waals surface area contributed by atoms with Crippen molar-refractivity contribution in [2.24, 2.45) is 5.92 Å². The zero-order valence-electron chi connectivity index (χ0n) is 9.61. The summed E-state index contributed by atoms with van der Waals surface area (Å²) in [5, 5.41) is 0.921. The van der Waals surface area contributed by atoms with Crippen LogP contribution in [0.5, 0.6) is 5.75 Å². The van der Waals surface area contributed by atoms with Crippen LogP contribution in [0.25, 0.3) is 11.0 Å². The Kier molecular flexibility index (Phi) is 2.69. The molecule has 0 fully saturated rings. The average Bonchev–Trinajstić information content (AvgIpc) is 2.69. The fourth-order valence-electron chi connectivity index (χ4n) is 1.54. The molecule has 0 aliphatic heterocycles. The molecule has 3 nitrogen and oxygen atoms in total. The van der Waals surface area contributed by atoms with E-state index < -0.39 is 0 Å². The second-order valence-electron chi connectivity index (χ2n) is 4.03. The second kappa shape index (κ2) is 4.00. The molecular weight excluding hydrogens is 204 g/mol. The molecule has 0 saturated carbocycles. The fourth-order valence-corrected chi connectivity index (χ4v) is 1.54. The molecule has 3 heteroatoms. The molecule has 0 N–H and O–H groups in total. The average molecular weight is 218 g/mol. The van der Waals surface area contributed by atoms with Crippen molar-refractivity contribution in [2.45, 2.75) is 13.8 Å². The third-order valence-electron chi connectivity index (χ3n) is 2.49. The van der Waals surface area contributed by atoms with E-state index in [0.717, 1.165) is 11.1 Å². The monoisotopic (exact) mass is 218 g/mol. The highest BCUT2D eigenvalue weighted by Gasteiger charge is 2.15. The summed E-state index contributed by atoms with van der Waals surface area (Å²) in [5.41, 5.74) is 0.684. The van der Waals surface area contributed by atoms with Crippen LogP contribution in [0.2, 0.25) is 0 Å². The Bertz CT molecular complexity index is 523. The summed E-state index contributed by atoms with van der Waals surface area (Å²) >= 11 is 0. The number of fused-ring (bicyclic) bond motifs is 1. The molecule has 0 atom stereocenters. The smallest absolute Gasteiger partial charge is 0.200 e. The quantitative estimate of drug-likeness (QED) is 0.742. The van der Waals surface area contributed by atoms with E-state index >= 15 is 0 Å². The van der Waals surface area contributed by atoms with Crippen molar-refractivity contribution in [2.75, 3.05) is 7.11 Å². The minimum atomic E-state index is -0.0533. The van der Waals surface area contributed by atoms with Crippen LogP contribution in [0.1, 0.15) is 24.4 Å². The molecule has 0 unspecified atom stereocenters. The van der Waals surface area contributed by atoms with Crippen molar-refractivity contribution in [3.8, 4) is 5.75 Å². The molecular formula is C13H14O3. The lowest BCUT2D eigenvalue weighted by Gasteiger charge is -1.98. The lowest BCUT2D eigenvalue weighted by Crippen LogP contribution is -2.05. The molecule has 1 aromatic heterocycles. The number of rotatable bonds is 3. The molecule has 0 aliphatic carbocycles. The number of benzene rings is 1. The summed E-state index contributed by atoms with van der Waals surface area (Å²) in [7, 11) is 1.60. The molecule has 84 valence electrons. The molecule has 0 radical (unpaired) electrons. The van der Waals surface area contributed by atoms with Gasteiger partial charge in [-0.05, 0) is 18.2 Å². The van der Waals surface area contributed by atoms with Gasteiger partial charge in [0.15, 0.2) is 5.76 Å². The first kappa shape index (κ1) is 10.7. The minimum Gasteiger partial charge on any atom is -0.497 e. The first-order valence-electron chi connectivity index (χ1n) is 5.23. The molecule has 0 bridgehead atoms. The van der Waals surface area contributed by atoms with Gasteiger partial charge in [0, 0.05) is 17.4 Å². The first-order chi connectivity index (χ1) is 7.61. The van der Waals surface area contributed by atoms with Gasteiger partial charge in [0.2, 0.25) is 5.78 Å². The van der Waals surface area contributed by atoms with Crippen LogP contribution in [-0.2, 0) is 0 Å². The van der Waals surface area contributed by atoms with Crippen LogP contribution in [-0.4, -0.2) is 12.9 Å². The van der Waals surface area contributed by atoms with E-state index in [1.54, 1.807) is 19.2 Å². The Hall–Kier alpha value is -1.77. The first-order valence-corrected chi connectivity index (χ1v) is 5.23. The Morgan fingerprint density at radius 3 is 2.69 bits per heavy atom. The number of ketones is 1. The van der Waals surface area contributed by atoms with Crippen LogP contribution in [0.3, 0.4) is 0 Å². The van der Waals surface area contributed by atoms with Gasteiger partial charge in [-0.3, -0.25) is 4.79 Å². The third kappa shape index (κ3) is 1.81. The molecule has 2 aromatic rings. The zero-order valence-corrected chi connectivity index (χ0v) is 9.61. The van der Waals surface area contributed by atoms with Gasteiger partial charge in [-0.15, -0.1) is 0 Å². The van der Waals surface area contributed by atoms with Gasteiger partial charge in [-0.2, -0.15) is 0 Å². The maximum absolute atomic E-state index is 11.7. The van der Waals surface area contributed by atoms with Crippen molar-refractivity contribution in [1.82, 2.24) is 0 Å². The summed E-state index contributed by atoms with van der Waals surface area (Å²) in [6.07, 6.45) is 0. The number of carbonyl (C=O) groups is 1. The van der Waals surface area contributed by atoms with Crippen molar-refractivity contribution in [3.05, 3.63) is 30.0 Å². The largest absolute Gasteiger partial charge is 0.497 e. The number of carbonyl (C=O) groups excluding carboxylic acids is 1. The van der Waals surface area contributed by atoms with E-state index in [1.165, 1.54) is 0 Å². The van der Waals surface area contributed by atoms with Crippen LogP contribution in [0.4, 0.5) is 0 Å². The highest BCUT2D eigenvalue weighted by atomic mass is 16.5. The molecule has 1 heterocycles. The number of hydrogen-bond acceptors (Lipinski definition) is 3. The maximum Gasteiger partial charge on any atom is 0.200 e. The maximum atomic E-state index is 11.7. The standard InChI is InChI=1S/C13H14O3/c1-8(2)13(14)12-6-9-4-5-10(15-3)7-11(9)16-12/h4-8H,1-3H3. The predicted octanol–water partition coefficient (Wildman–Crippen LogP) is 3.28. The molecule has 2 rings (SSSR count). The molecule has 0 aliphatic rings. The van der Waals surface area contributed by atoms with Gasteiger partial charge in [-0.1, -0.05) is 13.8 Å². The van der Waals surface area contributed by atoms with Crippen LogP contribution < -0.4 is 4.74 Å². The molecule has 1 aromatic carbocycles. The van der Waals surface area contributed by atoms with E-state index in [-0.39, 0.29) is 11.7 Å². The highest BCUT2D eigenvalue weighted by Crippen LogP contribution is 2.25. The summed E-state index contributed by atoms with van der Waals surface area (Å²) in [6.45, 7) is 3.71. The van der Waals surface area contributed by atoms with E-state index in [9.17, 15) is 4.79 Å². The van der Waals surface area contributed by atoms with E-state index in [4.69, 9.17) is 9.15 Å². The Morgan fingerprint density at radius 2 is 2.06 bits per heavy atom. The fraction of sp³-hybridized carbons (Fsp3) is 0.308. The summed E-state index contributed by atoms with van der Waals surface area (Å²) in [5.74, 6) is 1.11. The highest BCUT2D eigenvalue weighted by molar-refractivity contribution is 5.98. The normalized spacial score (nSPS) is 11.0. The Morgan fingerprint density at radius 1 is 1.31 bits per heavy atom. The van der Waals surface area contributed by atoms with Crippen LogP contribution in [0.15, 0.2) is 28.7 Å². The molecule has 0 spiro atoms. The number of ether oxygens (including phenoxy) is 1. The lowest BCUT2D eigenvalue weighted by atomic mass is 10.1. The van der Waals surface area contributed by atoms with E-state index in [2.05, 4.69) is 0 Å².